The minimum Gasteiger partial charge on any atom is -0.320 e. The second-order valence-corrected chi connectivity index (χ2v) is 6.79. The van der Waals surface area contributed by atoms with Crippen LogP contribution >= 0.6 is 11.3 Å². The first-order valence-corrected chi connectivity index (χ1v) is 7.17. The van der Waals surface area contributed by atoms with Gasteiger partial charge in [0.15, 0.2) is 0 Å². The zero-order chi connectivity index (χ0) is 12.9. The highest BCUT2D eigenvalue weighted by molar-refractivity contribution is 7.12. The summed E-state index contributed by atoms with van der Waals surface area (Å²) in [4.78, 5) is 6.18. The number of nitrogens with zero attached hydrogens (tertiary/aromatic N) is 1. The van der Waals surface area contributed by atoms with Crippen LogP contribution in [-0.2, 0) is 12.0 Å². The lowest BCUT2D eigenvalue weighted by Crippen LogP contribution is -2.28. The number of rotatable bonds is 1. The van der Waals surface area contributed by atoms with Gasteiger partial charge >= 0.3 is 0 Å². The molecule has 1 aromatic carbocycles. The van der Waals surface area contributed by atoms with Crippen LogP contribution in [0.1, 0.15) is 42.1 Å². The maximum atomic E-state index is 6.17. The van der Waals surface area contributed by atoms with E-state index in [9.17, 15) is 0 Å². The number of thiazole rings is 1. The predicted octanol–water partition coefficient (Wildman–Crippen LogP) is 3.66. The van der Waals surface area contributed by atoms with Gasteiger partial charge in [-0.25, -0.2) is 4.98 Å². The van der Waals surface area contributed by atoms with Gasteiger partial charge in [-0.3, -0.25) is 0 Å². The molecule has 3 heteroatoms. The van der Waals surface area contributed by atoms with Crippen molar-refractivity contribution in [2.75, 3.05) is 0 Å². The Labute approximate surface area is 112 Å². The Morgan fingerprint density at radius 1 is 1.33 bits per heavy atom. The van der Waals surface area contributed by atoms with Crippen LogP contribution in [0.4, 0.5) is 0 Å². The van der Waals surface area contributed by atoms with Crippen LogP contribution in [0.2, 0.25) is 0 Å². The first-order chi connectivity index (χ1) is 8.47. The van der Waals surface area contributed by atoms with E-state index < -0.39 is 0 Å². The van der Waals surface area contributed by atoms with Crippen LogP contribution in [-0.4, -0.2) is 4.98 Å². The van der Waals surface area contributed by atoms with Crippen molar-refractivity contribution in [3.63, 3.8) is 0 Å². The molecule has 2 aromatic rings. The van der Waals surface area contributed by atoms with E-state index in [0.717, 1.165) is 17.1 Å². The van der Waals surface area contributed by atoms with Gasteiger partial charge in [0, 0.05) is 10.4 Å². The third-order valence-electron chi connectivity index (χ3n) is 3.49. The molecule has 0 spiro atoms. The average molecular weight is 258 g/mol. The highest BCUT2D eigenvalue weighted by atomic mass is 32.1. The SMILES string of the molecule is CC1Cc2sc(C(C)(C)N)nc2-c2ccccc21. The number of hydrogen-bond acceptors (Lipinski definition) is 3. The molecule has 0 amide bonds. The number of aromatic nitrogens is 1. The Morgan fingerprint density at radius 2 is 2.06 bits per heavy atom. The molecule has 1 atom stereocenters. The molecule has 2 nitrogen and oxygen atoms in total. The third kappa shape index (κ3) is 1.78. The van der Waals surface area contributed by atoms with E-state index in [1.807, 2.05) is 13.8 Å². The molecular weight excluding hydrogens is 240 g/mol. The molecule has 1 aliphatic rings. The zero-order valence-electron chi connectivity index (χ0n) is 11.0. The van der Waals surface area contributed by atoms with Crippen LogP contribution in [0.3, 0.4) is 0 Å². The van der Waals surface area contributed by atoms with Gasteiger partial charge in [0.25, 0.3) is 0 Å². The van der Waals surface area contributed by atoms with Crippen LogP contribution in [0.5, 0.6) is 0 Å². The fraction of sp³-hybridized carbons (Fsp3) is 0.400. The van der Waals surface area contributed by atoms with E-state index in [4.69, 9.17) is 10.7 Å². The third-order valence-corrected chi connectivity index (χ3v) is 4.90. The topological polar surface area (TPSA) is 38.9 Å². The van der Waals surface area contributed by atoms with Crippen molar-refractivity contribution in [1.82, 2.24) is 4.98 Å². The summed E-state index contributed by atoms with van der Waals surface area (Å²) in [6, 6.07) is 8.60. The van der Waals surface area contributed by atoms with Crippen molar-refractivity contribution in [3.05, 3.63) is 39.7 Å². The van der Waals surface area contributed by atoms with Gasteiger partial charge in [-0.2, -0.15) is 0 Å². The summed E-state index contributed by atoms with van der Waals surface area (Å²) in [6.07, 6.45) is 1.08. The van der Waals surface area contributed by atoms with Crippen molar-refractivity contribution < 1.29 is 0 Å². The summed E-state index contributed by atoms with van der Waals surface area (Å²) >= 11 is 1.77. The van der Waals surface area contributed by atoms with Crippen LogP contribution in [0.25, 0.3) is 11.3 Å². The molecule has 1 aliphatic carbocycles. The van der Waals surface area contributed by atoms with Gasteiger partial charge in [-0.05, 0) is 31.7 Å². The predicted molar refractivity (Wildman–Crippen MR) is 76.9 cm³/mol. The Bertz CT molecular complexity index is 593. The van der Waals surface area contributed by atoms with Crippen molar-refractivity contribution in [3.8, 4) is 11.3 Å². The Hall–Kier alpha value is -1.19. The first kappa shape index (κ1) is 11.9. The lowest BCUT2D eigenvalue weighted by atomic mass is 9.85. The Kier molecular flexibility index (Phi) is 2.57. The molecule has 94 valence electrons. The van der Waals surface area contributed by atoms with E-state index in [1.165, 1.54) is 16.0 Å². The molecule has 2 N–H and O–H groups in total. The second-order valence-electron chi connectivity index (χ2n) is 5.70. The van der Waals surface area contributed by atoms with Gasteiger partial charge in [-0.1, -0.05) is 31.2 Å². The standard InChI is InChI=1S/C15H18N2S/c1-9-8-12-13(11-7-5-4-6-10(9)11)17-14(18-12)15(2,3)16/h4-7,9H,8,16H2,1-3H3. The molecule has 0 radical (unpaired) electrons. The Morgan fingerprint density at radius 3 is 2.78 bits per heavy atom. The molecule has 0 fully saturated rings. The number of hydrogen-bond donors (Lipinski definition) is 1. The molecule has 18 heavy (non-hydrogen) atoms. The summed E-state index contributed by atoms with van der Waals surface area (Å²) in [5.74, 6) is 0.572. The number of nitrogens with two attached hydrogens (primary N) is 1. The fourth-order valence-corrected chi connectivity index (χ4v) is 3.73. The van der Waals surface area contributed by atoms with E-state index in [1.54, 1.807) is 11.3 Å². The highest BCUT2D eigenvalue weighted by Crippen LogP contribution is 2.42. The zero-order valence-corrected chi connectivity index (χ0v) is 11.8. The monoisotopic (exact) mass is 258 g/mol. The lowest BCUT2D eigenvalue weighted by molar-refractivity contribution is 0.550. The average Bonchev–Trinajstić information content (AvgIpc) is 2.73. The summed E-state index contributed by atoms with van der Waals surface area (Å²) in [6.45, 7) is 6.33. The molecule has 0 saturated heterocycles. The summed E-state index contributed by atoms with van der Waals surface area (Å²) < 4.78 is 0. The summed E-state index contributed by atoms with van der Waals surface area (Å²) in [5, 5.41) is 1.04. The molecule has 0 aliphatic heterocycles. The maximum absolute atomic E-state index is 6.17. The summed E-state index contributed by atoms with van der Waals surface area (Å²) in [7, 11) is 0. The van der Waals surface area contributed by atoms with Gasteiger partial charge < -0.3 is 5.73 Å². The molecule has 1 aromatic heterocycles. The molecule has 0 bridgehead atoms. The number of benzene rings is 1. The van der Waals surface area contributed by atoms with Crippen molar-refractivity contribution in [2.24, 2.45) is 5.73 Å². The lowest BCUT2D eigenvalue weighted by Gasteiger charge is -2.21. The first-order valence-electron chi connectivity index (χ1n) is 6.35. The number of fused-ring (bicyclic) bond motifs is 3. The molecular formula is C15H18N2S. The molecule has 3 rings (SSSR count). The quantitative estimate of drug-likeness (QED) is 0.847. The second kappa shape index (κ2) is 3.90. The smallest absolute Gasteiger partial charge is 0.113 e. The minimum atomic E-state index is -0.347. The fourth-order valence-electron chi connectivity index (χ4n) is 2.51. The molecule has 1 unspecified atom stereocenters. The van der Waals surface area contributed by atoms with E-state index in [-0.39, 0.29) is 5.54 Å². The van der Waals surface area contributed by atoms with Gasteiger partial charge in [0.05, 0.1) is 11.2 Å². The minimum absolute atomic E-state index is 0.347. The normalized spacial score (nSPS) is 18.3. The maximum Gasteiger partial charge on any atom is 0.113 e. The summed E-state index contributed by atoms with van der Waals surface area (Å²) in [5.41, 5.74) is 9.68. The molecule has 1 heterocycles. The largest absolute Gasteiger partial charge is 0.320 e. The van der Waals surface area contributed by atoms with Crippen molar-refractivity contribution in [2.45, 2.75) is 38.6 Å². The highest BCUT2D eigenvalue weighted by Gasteiger charge is 2.28. The Balaban J connectivity index is 2.19. The van der Waals surface area contributed by atoms with Gasteiger partial charge in [0.2, 0.25) is 0 Å². The van der Waals surface area contributed by atoms with Crippen LogP contribution in [0, 0.1) is 0 Å². The van der Waals surface area contributed by atoms with E-state index in [2.05, 4.69) is 31.2 Å². The van der Waals surface area contributed by atoms with E-state index >= 15 is 0 Å². The van der Waals surface area contributed by atoms with Crippen molar-refractivity contribution >= 4 is 11.3 Å². The van der Waals surface area contributed by atoms with Crippen molar-refractivity contribution in [1.29, 1.82) is 0 Å². The van der Waals surface area contributed by atoms with E-state index in [0.29, 0.717) is 5.92 Å². The van der Waals surface area contributed by atoms with Gasteiger partial charge in [-0.15, -0.1) is 11.3 Å². The molecule has 0 saturated carbocycles. The van der Waals surface area contributed by atoms with Gasteiger partial charge in [0.1, 0.15) is 5.01 Å². The van der Waals surface area contributed by atoms with Crippen LogP contribution < -0.4 is 5.73 Å². The van der Waals surface area contributed by atoms with Crippen LogP contribution in [0.15, 0.2) is 24.3 Å².